The standard InChI is InChI=1S/C11H12O3.C6H10O3.Al/c1-8(12)10(11(13)14)7-9-5-3-2-4-6-9;1-2-3-5(7)4-6(8)9;/h2-6,10H,7H2,1H3,(H,13,14);2-4H2,1H3,(H,8,9);/q;;+3/p-2. The van der Waals surface area contributed by atoms with Crippen LogP contribution in [0.5, 0.6) is 0 Å². The molecule has 0 spiro atoms. The van der Waals surface area contributed by atoms with Gasteiger partial charge in [-0.3, -0.25) is 9.59 Å². The molecule has 0 heterocycles. The summed E-state index contributed by atoms with van der Waals surface area (Å²) in [6.07, 6.45) is 0.812. The maximum absolute atomic E-state index is 11.0. The van der Waals surface area contributed by atoms with Crippen LogP contribution in [0.25, 0.3) is 0 Å². The van der Waals surface area contributed by atoms with Gasteiger partial charge in [0.05, 0.1) is 11.9 Å². The van der Waals surface area contributed by atoms with Crippen LogP contribution in [0.15, 0.2) is 30.3 Å². The summed E-state index contributed by atoms with van der Waals surface area (Å²) in [6.45, 7) is 3.09. The molecule has 0 amide bonds. The number of carbonyl (C=O) groups excluding carboxylic acids is 4. The molecule has 1 rings (SSSR count). The first kappa shape index (κ1) is 24.3. The minimum absolute atomic E-state index is 0. The Morgan fingerprint density at radius 2 is 1.58 bits per heavy atom. The molecular weight excluding hydrogens is 327 g/mol. The van der Waals surface area contributed by atoms with Crippen LogP contribution < -0.4 is 10.2 Å². The van der Waals surface area contributed by atoms with Crippen molar-refractivity contribution < 1.29 is 29.4 Å². The first-order valence-corrected chi connectivity index (χ1v) is 7.24. The number of benzene rings is 1. The molecule has 0 aliphatic carbocycles. The molecule has 0 radical (unpaired) electrons. The van der Waals surface area contributed by atoms with Gasteiger partial charge in [0, 0.05) is 18.8 Å². The SMILES string of the molecule is CC(=O)C(Cc1ccccc1)C(=O)[O-].CCCC(=O)CC(=O)[O-].[Al+3]. The summed E-state index contributed by atoms with van der Waals surface area (Å²) in [5.41, 5.74) is 0.830. The zero-order chi connectivity index (χ0) is 17.8. The number of carbonyl (C=O) groups is 4. The van der Waals surface area contributed by atoms with E-state index in [1.54, 1.807) is 12.1 Å². The van der Waals surface area contributed by atoms with Crippen molar-refractivity contribution in [1.82, 2.24) is 0 Å². The van der Waals surface area contributed by atoms with E-state index in [1.807, 2.05) is 25.1 Å². The van der Waals surface area contributed by atoms with Gasteiger partial charge in [0.1, 0.15) is 11.6 Å². The Morgan fingerprint density at radius 3 is 1.96 bits per heavy atom. The van der Waals surface area contributed by atoms with Crippen LogP contribution in [0.4, 0.5) is 0 Å². The van der Waals surface area contributed by atoms with E-state index >= 15 is 0 Å². The Hall–Kier alpha value is -1.97. The zero-order valence-electron chi connectivity index (χ0n) is 13.8. The molecule has 0 saturated carbocycles. The van der Waals surface area contributed by atoms with Gasteiger partial charge in [-0.25, -0.2) is 0 Å². The van der Waals surface area contributed by atoms with Crippen LogP contribution in [0.3, 0.4) is 0 Å². The van der Waals surface area contributed by atoms with E-state index in [0.717, 1.165) is 5.56 Å². The first-order chi connectivity index (χ1) is 10.8. The van der Waals surface area contributed by atoms with Crippen LogP contribution in [0.1, 0.15) is 38.7 Å². The second kappa shape index (κ2) is 13.5. The summed E-state index contributed by atoms with van der Waals surface area (Å²) in [4.78, 5) is 41.8. The number of carboxylic acid groups (broad SMARTS) is 2. The van der Waals surface area contributed by atoms with Gasteiger partial charge in [0.2, 0.25) is 0 Å². The second-order valence-corrected chi connectivity index (χ2v) is 5.01. The number of carboxylic acids is 2. The summed E-state index contributed by atoms with van der Waals surface area (Å²) in [5.74, 6) is -4.24. The van der Waals surface area contributed by atoms with Gasteiger partial charge in [-0.2, -0.15) is 0 Å². The molecule has 0 aromatic heterocycles. The number of ketones is 2. The second-order valence-electron chi connectivity index (χ2n) is 5.01. The van der Waals surface area contributed by atoms with Crippen molar-refractivity contribution in [2.45, 2.75) is 39.5 Å². The third kappa shape index (κ3) is 11.6. The van der Waals surface area contributed by atoms with Gasteiger partial charge < -0.3 is 19.8 Å². The Bertz CT molecular complexity index is 527. The Balaban J connectivity index is 0. The monoisotopic (exact) mass is 347 g/mol. The fourth-order valence-electron chi connectivity index (χ4n) is 1.77. The molecule has 0 aliphatic rings. The van der Waals surface area contributed by atoms with Crippen molar-refractivity contribution in [2.75, 3.05) is 0 Å². The molecule has 0 aliphatic heterocycles. The maximum atomic E-state index is 11.0. The molecule has 1 unspecified atom stereocenters. The van der Waals surface area contributed by atoms with E-state index in [-0.39, 0.29) is 35.3 Å². The molecule has 6 nitrogen and oxygen atoms in total. The summed E-state index contributed by atoms with van der Waals surface area (Å²) < 4.78 is 0. The average molecular weight is 347 g/mol. The predicted molar refractivity (Wildman–Crippen MR) is 84.6 cm³/mol. The molecule has 0 bridgehead atoms. The Morgan fingerprint density at radius 1 is 1.04 bits per heavy atom. The zero-order valence-corrected chi connectivity index (χ0v) is 15.0. The average Bonchev–Trinajstić information content (AvgIpc) is 2.45. The van der Waals surface area contributed by atoms with E-state index in [1.165, 1.54) is 6.92 Å². The van der Waals surface area contributed by atoms with Crippen molar-refractivity contribution in [3.8, 4) is 0 Å². The summed E-state index contributed by atoms with van der Waals surface area (Å²) in [6, 6.07) is 9.03. The normalized spacial score (nSPS) is 10.4. The molecule has 0 saturated heterocycles. The number of rotatable bonds is 8. The fourth-order valence-corrected chi connectivity index (χ4v) is 1.77. The summed E-state index contributed by atoms with van der Waals surface area (Å²) >= 11 is 0. The van der Waals surface area contributed by atoms with E-state index in [2.05, 4.69) is 0 Å². The molecule has 7 heteroatoms. The number of hydrogen-bond donors (Lipinski definition) is 0. The van der Waals surface area contributed by atoms with Crippen molar-refractivity contribution in [2.24, 2.45) is 5.92 Å². The third-order valence-electron chi connectivity index (χ3n) is 2.93. The third-order valence-corrected chi connectivity index (χ3v) is 2.93. The molecule has 0 N–H and O–H groups in total. The summed E-state index contributed by atoms with van der Waals surface area (Å²) in [7, 11) is 0. The van der Waals surface area contributed by atoms with E-state index in [4.69, 9.17) is 0 Å². The van der Waals surface area contributed by atoms with Crippen LogP contribution in [0, 0.1) is 5.92 Å². The predicted octanol–water partition coefficient (Wildman–Crippen LogP) is -0.701. The van der Waals surface area contributed by atoms with Crippen LogP contribution >= 0.6 is 0 Å². The van der Waals surface area contributed by atoms with Gasteiger partial charge in [-0.1, -0.05) is 37.3 Å². The number of aliphatic carboxylic acids is 2. The topological polar surface area (TPSA) is 114 Å². The maximum Gasteiger partial charge on any atom is 3.00 e. The molecule has 0 fully saturated rings. The van der Waals surface area contributed by atoms with Gasteiger partial charge in [-0.05, 0) is 25.3 Å². The van der Waals surface area contributed by atoms with Crippen molar-refractivity contribution >= 4 is 40.9 Å². The molecule has 1 aromatic carbocycles. The molecule has 1 aromatic rings. The van der Waals surface area contributed by atoms with Crippen molar-refractivity contribution in [3.63, 3.8) is 0 Å². The first-order valence-electron chi connectivity index (χ1n) is 7.24. The summed E-state index contributed by atoms with van der Waals surface area (Å²) in [5, 5.41) is 20.4. The van der Waals surface area contributed by atoms with Gasteiger partial charge in [-0.15, -0.1) is 0 Å². The van der Waals surface area contributed by atoms with Gasteiger partial charge >= 0.3 is 17.4 Å². The molecular formula is C17H20AlO6+. The van der Waals surface area contributed by atoms with E-state index in [0.29, 0.717) is 12.8 Å². The minimum Gasteiger partial charge on any atom is -0.550 e. The Labute approximate surface area is 152 Å². The van der Waals surface area contributed by atoms with E-state index in [9.17, 15) is 29.4 Å². The van der Waals surface area contributed by atoms with Crippen molar-refractivity contribution in [1.29, 1.82) is 0 Å². The van der Waals surface area contributed by atoms with Crippen LogP contribution in [-0.4, -0.2) is 40.9 Å². The van der Waals surface area contributed by atoms with Crippen LogP contribution in [-0.2, 0) is 25.6 Å². The minimum atomic E-state index is -1.30. The Kier molecular flexibility index (Phi) is 13.6. The largest absolute Gasteiger partial charge is 3.00 e. The van der Waals surface area contributed by atoms with Crippen LogP contribution in [0.2, 0.25) is 0 Å². The molecule has 1 atom stereocenters. The molecule has 24 heavy (non-hydrogen) atoms. The van der Waals surface area contributed by atoms with Crippen molar-refractivity contribution in [3.05, 3.63) is 35.9 Å². The smallest absolute Gasteiger partial charge is 0.550 e. The molecule has 126 valence electrons. The van der Waals surface area contributed by atoms with Gasteiger partial charge in [0.25, 0.3) is 0 Å². The number of Topliss-reactive ketones (excluding diaryl/α,β-unsaturated/α-hetero) is 2. The fraction of sp³-hybridized carbons (Fsp3) is 0.412. The quantitative estimate of drug-likeness (QED) is 0.454. The van der Waals surface area contributed by atoms with E-state index < -0.39 is 24.3 Å². The number of hydrogen-bond acceptors (Lipinski definition) is 6. The van der Waals surface area contributed by atoms with Gasteiger partial charge in [0.15, 0.2) is 0 Å².